The highest BCUT2D eigenvalue weighted by Crippen LogP contribution is 2.13. The second-order valence-electron chi connectivity index (χ2n) is 3.40. The minimum atomic E-state index is -0.752. The summed E-state index contributed by atoms with van der Waals surface area (Å²) in [7, 11) is 0. The Labute approximate surface area is 113 Å². The second kappa shape index (κ2) is 6.87. The van der Waals surface area contributed by atoms with Gasteiger partial charge in [-0.05, 0) is 24.2 Å². The summed E-state index contributed by atoms with van der Waals surface area (Å²) in [5, 5.41) is 27.4. The van der Waals surface area contributed by atoms with Crippen molar-refractivity contribution < 1.29 is 24.5 Å². The Kier molecular flexibility index (Phi) is 5.21. The molecule has 0 atom stereocenters. The molecule has 0 spiro atoms. The maximum Gasteiger partial charge on any atom is 0.343 e. The molecule has 0 aliphatic carbocycles. The fraction of sp³-hybridized carbons (Fsp3) is 0.300. The van der Waals surface area contributed by atoms with E-state index in [-0.39, 0.29) is 35.3 Å². The molecule has 0 aliphatic rings. The quantitative estimate of drug-likeness (QED) is 0.132. The smallest absolute Gasteiger partial charge is 0.343 e. The maximum atomic E-state index is 11.5. The number of oxime groups is 1. The fourth-order valence-corrected chi connectivity index (χ4v) is 1.11. The number of ether oxygens (including phenoxy) is 1. The number of amidine groups is 1. The van der Waals surface area contributed by atoms with E-state index in [1.54, 1.807) is 6.92 Å². The van der Waals surface area contributed by atoms with E-state index in [0.29, 0.717) is 0 Å². The molecule has 0 aromatic carbocycles. The van der Waals surface area contributed by atoms with E-state index < -0.39 is 5.97 Å². The van der Waals surface area contributed by atoms with Crippen molar-refractivity contribution in [3.8, 4) is 0 Å². The largest absolute Gasteiger partial charge is 0.512 e. The van der Waals surface area contributed by atoms with E-state index in [2.05, 4.69) is 25.1 Å². The van der Waals surface area contributed by atoms with Gasteiger partial charge in [0.1, 0.15) is 11.3 Å². The Hall–Kier alpha value is -2.91. The van der Waals surface area contributed by atoms with Crippen LogP contribution >= 0.6 is 0 Å². The van der Waals surface area contributed by atoms with E-state index in [1.165, 1.54) is 6.92 Å². The number of aliphatic imine (C=N–C) groups is 1. The van der Waals surface area contributed by atoms with Gasteiger partial charge in [-0.25, -0.2) is 14.4 Å². The highest BCUT2D eigenvalue weighted by atomic mass is 16.6. The summed E-state index contributed by atoms with van der Waals surface area (Å²) in [5.74, 6) is -1.52. The number of hydrogen-bond acceptors (Lipinski definition) is 9. The monoisotopic (exact) mass is 283 g/mol. The predicted molar refractivity (Wildman–Crippen MR) is 66.9 cm³/mol. The second-order valence-corrected chi connectivity index (χ2v) is 3.40. The van der Waals surface area contributed by atoms with Crippen LogP contribution in [0.4, 0.5) is 5.82 Å². The molecule has 0 bridgehead atoms. The summed E-state index contributed by atoms with van der Waals surface area (Å²) in [6.45, 7) is 3.06. The first-order valence-corrected chi connectivity index (χ1v) is 5.42. The lowest BCUT2D eigenvalue weighted by molar-refractivity contribution is -0.138. The lowest BCUT2D eigenvalue weighted by Crippen LogP contribution is -2.14. The van der Waals surface area contributed by atoms with Crippen molar-refractivity contribution in [1.82, 2.24) is 10.3 Å². The zero-order valence-electron chi connectivity index (χ0n) is 10.8. The first-order valence-electron chi connectivity index (χ1n) is 5.42. The van der Waals surface area contributed by atoms with Gasteiger partial charge in [0.15, 0.2) is 11.5 Å². The number of aliphatic hydroxyl groups excluding tert-OH is 1. The fourth-order valence-electron chi connectivity index (χ4n) is 1.11. The molecule has 0 amide bonds. The molecule has 0 saturated heterocycles. The highest BCUT2D eigenvalue weighted by molar-refractivity contribution is 6.10. The van der Waals surface area contributed by atoms with Crippen LogP contribution in [0, 0.1) is 0 Å². The Morgan fingerprint density at radius 3 is 2.80 bits per heavy atom. The molecule has 0 unspecified atom stereocenters. The van der Waals surface area contributed by atoms with E-state index >= 15 is 0 Å². The minimum absolute atomic E-state index is 0.109. The number of nitrogens with two attached hydrogens (primary N) is 1. The van der Waals surface area contributed by atoms with E-state index in [4.69, 9.17) is 15.7 Å². The standard InChI is InChI=1S/C10H13N5O5/c1-3-19-10(17)6(5(2)16)4-12-9-7(8(11)13-18)14-20-15-9/h4,16,18H,3H2,1-2H3,(H2,11,13). The van der Waals surface area contributed by atoms with Gasteiger partial charge in [-0.2, -0.15) is 0 Å². The number of esters is 1. The molecule has 10 heteroatoms. The molecule has 1 heterocycles. The highest BCUT2D eigenvalue weighted by Gasteiger charge is 2.16. The molecule has 20 heavy (non-hydrogen) atoms. The summed E-state index contributed by atoms with van der Waals surface area (Å²) in [6, 6.07) is 0. The molecule has 0 saturated carbocycles. The van der Waals surface area contributed by atoms with Crippen LogP contribution in [-0.2, 0) is 9.53 Å². The summed E-state index contributed by atoms with van der Waals surface area (Å²) >= 11 is 0. The predicted octanol–water partition coefficient (Wildman–Crippen LogP) is 0.262. The molecule has 1 aromatic heterocycles. The van der Waals surface area contributed by atoms with Crippen LogP contribution in [0.15, 0.2) is 26.1 Å². The molecule has 4 N–H and O–H groups in total. The number of hydrogen-bond donors (Lipinski definition) is 3. The Morgan fingerprint density at radius 1 is 1.55 bits per heavy atom. The van der Waals surface area contributed by atoms with Gasteiger partial charge in [0.05, 0.1) is 6.61 Å². The van der Waals surface area contributed by atoms with Gasteiger partial charge in [0.25, 0.3) is 0 Å². The number of aromatic nitrogens is 2. The normalized spacial score (nSPS) is 13.4. The van der Waals surface area contributed by atoms with Gasteiger partial charge in [0.2, 0.25) is 5.82 Å². The lowest BCUT2D eigenvalue weighted by atomic mass is 10.2. The van der Waals surface area contributed by atoms with Crippen molar-refractivity contribution in [2.75, 3.05) is 6.61 Å². The number of carbonyl (C=O) groups excluding carboxylic acids is 1. The van der Waals surface area contributed by atoms with Crippen LogP contribution in [0.25, 0.3) is 0 Å². The molecule has 1 rings (SSSR count). The zero-order chi connectivity index (χ0) is 15.1. The summed E-state index contributed by atoms with van der Waals surface area (Å²) < 4.78 is 9.13. The molecule has 0 fully saturated rings. The van der Waals surface area contributed by atoms with E-state index in [1.807, 2.05) is 0 Å². The first-order chi connectivity index (χ1) is 9.51. The van der Waals surface area contributed by atoms with Crippen LogP contribution in [-0.4, -0.2) is 45.3 Å². The first kappa shape index (κ1) is 15.1. The zero-order valence-corrected chi connectivity index (χ0v) is 10.8. The Balaban J connectivity index is 3.05. The van der Waals surface area contributed by atoms with Crippen molar-refractivity contribution in [3.63, 3.8) is 0 Å². The van der Waals surface area contributed by atoms with E-state index in [9.17, 15) is 9.90 Å². The topological polar surface area (TPSA) is 156 Å². The Bertz CT molecular complexity index is 570. The molecule has 108 valence electrons. The molecular formula is C10H13N5O5. The SMILES string of the molecule is CCOC(=O)C(C=Nc1nonc1/C(N)=N\O)=C(C)O. The third-order valence-electron chi connectivity index (χ3n) is 2.02. The maximum absolute atomic E-state index is 11.5. The summed E-state index contributed by atoms with van der Waals surface area (Å²) in [5.41, 5.74) is 5.05. The van der Waals surface area contributed by atoms with Crippen molar-refractivity contribution >= 4 is 23.8 Å². The number of nitrogens with zero attached hydrogens (tertiary/aromatic N) is 4. The van der Waals surface area contributed by atoms with Gasteiger partial charge < -0.3 is 20.8 Å². The molecule has 0 radical (unpaired) electrons. The van der Waals surface area contributed by atoms with Crippen LogP contribution in [0.1, 0.15) is 19.5 Å². The van der Waals surface area contributed by atoms with Gasteiger partial charge in [-0.3, -0.25) is 0 Å². The van der Waals surface area contributed by atoms with Crippen LogP contribution in [0.2, 0.25) is 0 Å². The number of aliphatic hydroxyl groups is 1. The Morgan fingerprint density at radius 2 is 2.25 bits per heavy atom. The number of allylic oxidation sites excluding steroid dienone is 1. The molecular weight excluding hydrogens is 270 g/mol. The van der Waals surface area contributed by atoms with Crippen LogP contribution in [0.5, 0.6) is 0 Å². The van der Waals surface area contributed by atoms with Gasteiger partial charge in [-0.1, -0.05) is 5.16 Å². The third-order valence-corrected chi connectivity index (χ3v) is 2.02. The van der Waals surface area contributed by atoms with Gasteiger partial charge >= 0.3 is 5.97 Å². The molecule has 10 nitrogen and oxygen atoms in total. The number of carbonyl (C=O) groups is 1. The summed E-state index contributed by atoms with van der Waals surface area (Å²) in [4.78, 5) is 15.3. The molecule has 1 aromatic rings. The summed E-state index contributed by atoms with van der Waals surface area (Å²) in [6.07, 6.45) is 1.01. The van der Waals surface area contributed by atoms with Gasteiger partial charge in [0, 0.05) is 6.21 Å². The van der Waals surface area contributed by atoms with Crippen LogP contribution < -0.4 is 5.73 Å². The lowest BCUT2D eigenvalue weighted by Gasteiger charge is -2.02. The molecule has 0 aliphatic heterocycles. The average molecular weight is 283 g/mol. The number of rotatable bonds is 5. The van der Waals surface area contributed by atoms with Gasteiger partial charge in [-0.15, -0.1) is 0 Å². The van der Waals surface area contributed by atoms with Crippen molar-refractivity contribution in [1.29, 1.82) is 0 Å². The van der Waals surface area contributed by atoms with Crippen molar-refractivity contribution in [3.05, 3.63) is 17.0 Å². The van der Waals surface area contributed by atoms with Crippen molar-refractivity contribution in [2.24, 2.45) is 15.9 Å². The minimum Gasteiger partial charge on any atom is -0.512 e. The third kappa shape index (κ3) is 3.54. The average Bonchev–Trinajstić information content (AvgIpc) is 2.86. The van der Waals surface area contributed by atoms with Crippen molar-refractivity contribution in [2.45, 2.75) is 13.8 Å². The van der Waals surface area contributed by atoms with E-state index in [0.717, 1.165) is 6.21 Å². The van der Waals surface area contributed by atoms with Crippen LogP contribution in [0.3, 0.4) is 0 Å².